The van der Waals surface area contributed by atoms with Gasteiger partial charge in [0, 0.05) is 17.8 Å². The zero-order valence-electron chi connectivity index (χ0n) is 6.82. The molecule has 3 heterocycles. The van der Waals surface area contributed by atoms with Crippen molar-refractivity contribution in [3.8, 4) is 10.7 Å². The molecule has 0 aliphatic carbocycles. The predicted molar refractivity (Wildman–Crippen MR) is 59.2 cm³/mol. The Morgan fingerprint density at radius 3 is 2.93 bits per heavy atom. The summed E-state index contributed by atoms with van der Waals surface area (Å²) in [5, 5.41) is 2.91. The Morgan fingerprint density at radius 1 is 1.29 bits per heavy atom. The summed E-state index contributed by atoms with van der Waals surface area (Å²) < 4.78 is 1.93. The minimum Gasteiger partial charge on any atom is -0.242 e. The molecule has 72 valence electrons. The maximum Gasteiger partial charge on any atom is 0.244 e. The number of fused-ring (bicyclic) bond motifs is 1. The van der Waals surface area contributed by atoms with Crippen molar-refractivity contribution in [2.45, 2.75) is 0 Å². The van der Waals surface area contributed by atoms with E-state index in [0.717, 1.165) is 16.5 Å². The van der Waals surface area contributed by atoms with Gasteiger partial charge in [-0.05, 0) is 11.5 Å². The van der Waals surface area contributed by atoms with E-state index in [-0.39, 0.29) is 12.4 Å². The molecule has 0 unspecified atom stereocenters. The molecule has 0 aromatic carbocycles. The topological polar surface area (TPSA) is 43.1 Å². The maximum atomic E-state index is 4.33. The van der Waals surface area contributed by atoms with Crippen LogP contribution >= 0.6 is 35.3 Å². The van der Waals surface area contributed by atoms with E-state index in [0.29, 0.717) is 0 Å². The molecular weight excluding hydrogens is 240 g/mol. The van der Waals surface area contributed by atoms with Gasteiger partial charge in [0.15, 0.2) is 5.01 Å². The highest BCUT2D eigenvalue weighted by Gasteiger charge is 2.07. The molecular formula is C7H5ClN4S2. The zero-order chi connectivity index (χ0) is 8.67. The van der Waals surface area contributed by atoms with Crippen molar-refractivity contribution < 1.29 is 0 Å². The van der Waals surface area contributed by atoms with Gasteiger partial charge in [0.25, 0.3) is 0 Å². The van der Waals surface area contributed by atoms with Crippen molar-refractivity contribution in [1.29, 1.82) is 0 Å². The van der Waals surface area contributed by atoms with Crippen molar-refractivity contribution in [3.63, 3.8) is 0 Å². The SMILES string of the molecule is Cl.c1cn2sc(-c3cscn3)nc2n1. The Bertz CT molecular complexity index is 498. The van der Waals surface area contributed by atoms with Crippen LogP contribution in [0, 0.1) is 0 Å². The maximum absolute atomic E-state index is 4.33. The number of aromatic nitrogens is 4. The van der Waals surface area contributed by atoms with Crippen LogP contribution in [0.3, 0.4) is 0 Å². The van der Waals surface area contributed by atoms with Crippen LogP contribution in [0.2, 0.25) is 0 Å². The number of rotatable bonds is 1. The molecule has 14 heavy (non-hydrogen) atoms. The van der Waals surface area contributed by atoms with Crippen LogP contribution in [-0.4, -0.2) is 18.7 Å². The van der Waals surface area contributed by atoms with E-state index >= 15 is 0 Å². The second-order valence-electron chi connectivity index (χ2n) is 2.43. The molecule has 3 aromatic heterocycles. The molecule has 0 saturated heterocycles. The van der Waals surface area contributed by atoms with Crippen LogP contribution in [0.1, 0.15) is 0 Å². The smallest absolute Gasteiger partial charge is 0.242 e. The summed E-state index contributed by atoms with van der Waals surface area (Å²) in [6.07, 6.45) is 3.63. The van der Waals surface area contributed by atoms with Gasteiger partial charge in [-0.25, -0.2) is 13.8 Å². The first-order chi connectivity index (χ1) is 6.43. The Morgan fingerprint density at radius 2 is 2.21 bits per heavy atom. The zero-order valence-corrected chi connectivity index (χ0v) is 9.27. The number of hydrogen-bond donors (Lipinski definition) is 0. The third kappa shape index (κ3) is 1.41. The molecule has 4 nitrogen and oxygen atoms in total. The lowest BCUT2D eigenvalue weighted by Crippen LogP contribution is -1.74. The first-order valence-corrected chi connectivity index (χ1v) is 5.34. The minimum absolute atomic E-state index is 0. The van der Waals surface area contributed by atoms with Crippen LogP contribution in [0.25, 0.3) is 16.5 Å². The Labute approximate surface area is 93.8 Å². The van der Waals surface area contributed by atoms with Gasteiger partial charge in [-0.3, -0.25) is 0 Å². The monoisotopic (exact) mass is 244 g/mol. The van der Waals surface area contributed by atoms with Crippen LogP contribution in [-0.2, 0) is 0 Å². The fraction of sp³-hybridized carbons (Fsp3) is 0. The number of nitrogens with zero attached hydrogens (tertiary/aromatic N) is 4. The Kier molecular flexibility index (Phi) is 2.49. The lowest BCUT2D eigenvalue weighted by molar-refractivity contribution is 1.26. The molecule has 0 radical (unpaired) electrons. The third-order valence-electron chi connectivity index (χ3n) is 1.63. The number of imidazole rings is 1. The van der Waals surface area contributed by atoms with Crippen LogP contribution < -0.4 is 0 Å². The summed E-state index contributed by atoms with van der Waals surface area (Å²) in [4.78, 5) is 12.6. The van der Waals surface area contributed by atoms with Crippen LogP contribution in [0.5, 0.6) is 0 Å². The summed E-state index contributed by atoms with van der Waals surface area (Å²) in [7, 11) is 0. The molecule has 0 amide bonds. The van der Waals surface area contributed by atoms with E-state index in [2.05, 4.69) is 15.0 Å². The Hall–Kier alpha value is -0.980. The molecule has 3 rings (SSSR count). The molecule has 0 atom stereocenters. The van der Waals surface area contributed by atoms with Crippen molar-refractivity contribution >= 4 is 41.1 Å². The van der Waals surface area contributed by atoms with Gasteiger partial charge >= 0.3 is 0 Å². The van der Waals surface area contributed by atoms with Gasteiger partial charge in [-0.15, -0.1) is 23.7 Å². The van der Waals surface area contributed by atoms with E-state index in [1.165, 1.54) is 0 Å². The van der Waals surface area contributed by atoms with Crippen molar-refractivity contribution in [2.75, 3.05) is 0 Å². The normalized spacial score (nSPS) is 10.3. The summed E-state index contributed by atoms with van der Waals surface area (Å²) >= 11 is 3.12. The molecule has 0 aliphatic rings. The fourth-order valence-electron chi connectivity index (χ4n) is 1.06. The number of halogens is 1. The van der Waals surface area contributed by atoms with E-state index in [9.17, 15) is 0 Å². The average molecular weight is 245 g/mol. The van der Waals surface area contributed by atoms with Gasteiger partial charge in [-0.2, -0.15) is 4.98 Å². The highest BCUT2D eigenvalue weighted by atomic mass is 35.5. The molecule has 0 bridgehead atoms. The average Bonchev–Trinajstić information content (AvgIpc) is 2.78. The van der Waals surface area contributed by atoms with E-state index in [4.69, 9.17) is 0 Å². The van der Waals surface area contributed by atoms with Gasteiger partial charge in [-0.1, -0.05) is 0 Å². The highest BCUT2D eigenvalue weighted by molar-refractivity contribution is 7.11. The third-order valence-corrected chi connectivity index (χ3v) is 3.17. The van der Waals surface area contributed by atoms with Crippen molar-refractivity contribution in [2.24, 2.45) is 0 Å². The summed E-state index contributed by atoms with van der Waals surface area (Å²) in [6.45, 7) is 0. The lowest BCUT2D eigenvalue weighted by atomic mass is 10.5. The number of thiazole rings is 1. The van der Waals surface area contributed by atoms with E-state index in [1.54, 1.807) is 34.6 Å². The summed E-state index contributed by atoms with van der Waals surface area (Å²) in [5.41, 5.74) is 2.74. The number of hydrogen-bond acceptors (Lipinski definition) is 5. The molecule has 0 saturated carbocycles. The lowest BCUT2D eigenvalue weighted by Gasteiger charge is -1.82. The van der Waals surface area contributed by atoms with Gasteiger partial charge in [0.05, 0.1) is 5.51 Å². The Balaban J connectivity index is 0.000000750. The van der Waals surface area contributed by atoms with Gasteiger partial charge in [0.2, 0.25) is 5.78 Å². The van der Waals surface area contributed by atoms with Crippen LogP contribution in [0.15, 0.2) is 23.3 Å². The molecule has 0 spiro atoms. The molecule has 0 N–H and O–H groups in total. The largest absolute Gasteiger partial charge is 0.244 e. The predicted octanol–water partition coefficient (Wildman–Crippen LogP) is 2.34. The second kappa shape index (κ2) is 3.64. The van der Waals surface area contributed by atoms with Crippen LogP contribution in [0.4, 0.5) is 0 Å². The summed E-state index contributed by atoms with van der Waals surface area (Å²) in [5.74, 6) is 0.744. The van der Waals surface area contributed by atoms with E-state index in [1.807, 2.05) is 15.4 Å². The quantitative estimate of drug-likeness (QED) is 0.660. The molecule has 0 fully saturated rings. The fourth-order valence-corrected chi connectivity index (χ4v) is 2.47. The molecule has 7 heteroatoms. The van der Waals surface area contributed by atoms with Gasteiger partial charge in [0.1, 0.15) is 5.69 Å². The minimum atomic E-state index is 0. The van der Waals surface area contributed by atoms with Gasteiger partial charge < -0.3 is 0 Å². The van der Waals surface area contributed by atoms with Crippen molar-refractivity contribution in [1.82, 2.24) is 18.7 Å². The van der Waals surface area contributed by atoms with E-state index < -0.39 is 0 Å². The first kappa shape index (κ1) is 9.57. The standard InChI is InChI=1S/C7H4N4S2.ClH/c1-2-11-7(8-1)10-6(13-11)5-3-12-4-9-5;/h1-4H;1H. The summed E-state index contributed by atoms with van der Waals surface area (Å²) in [6, 6.07) is 0. The molecule has 0 aliphatic heterocycles. The molecule has 3 aromatic rings. The first-order valence-electron chi connectivity index (χ1n) is 3.62. The highest BCUT2D eigenvalue weighted by Crippen LogP contribution is 2.22. The van der Waals surface area contributed by atoms with Crippen molar-refractivity contribution in [3.05, 3.63) is 23.3 Å². The second-order valence-corrected chi connectivity index (χ2v) is 4.12.